The van der Waals surface area contributed by atoms with Gasteiger partial charge in [-0.3, -0.25) is 19.9 Å². The zero-order valence-corrected chi connectivity index (χ0v) is 20.2. The Bertz CT molecular complexity index is 1070. The fourth-order valence-electron chi connectivity index (χ4n) is 5.09. The first-order valence-corrected chi connectivity index (χ1v) is 12.5. The first kappa shape index (κ1) is 23.6. The lowest BCUT2D eigenvalue weighted by Gasteiger charge is -2.32. The molecule has 2 saturated heterocycles. The van der Waals surface area contributed by atoms with Crippen LogP contribution in [0.25, 0.3) is 5.70 Å². The number of hydrogen-bond acceptors (Lipinski definition) is 5. The maximum Gasteiger partial charge on any atom is 0.261 e. The van der Waals surface area contributed by atoms with E-state index in [1.807, 2.05) is 41.3 Å². The number of amides is 2. The molecule has 5 rings (SSSR count). The van der Waals surface area contributed by atoms with Crippen molar-refractivity contribution >= 4 is 17.5 Å². The molecule has 3 aliphatic rings. The highest BCUT2D eigenvalue weighted by Gasteiger charge is 2.41. The van der Waals surface area contributed by atoms with E-state index in [0.29, 0.717) is 37.8 Å². The van der Waals surface area contributed by atoms with Gasteiger partial charge in [0.25, 0.3) is 11.8 Å². The minimum absolute atomic E-state index is 0.0756. The number of benzene rings is 2. The molecular weight excluding hydrogens is 442 g/mol. The number of nitrogens with one attached hydrogen (secondary N) is 1. The number of ether oxygens (including phenoxy) is 1. The summed E-state index contributed by atoms with van der Waals surface area (Å²) < 4.78 is 5.34. The van der Waals surface area contributed by atoms with E-state index in [9.17, 15) is 9.59 Å². The van der Waals surface area contributed by atoms with Crippen molar-refractivity contribution < 1.29 is 19.2 Å². The highest BCUT2D eigenvalue weighted by molar-refractivity contribution is 5.95. The lowest BCUT2D eigenvalue weighted by atomic mass is 9.90. The number of nitrogens with zero attached hydrogens (tertiary/aromatic N) is 2. The SMILES string of the molecule is CC1(C(=O)N2CCOCC2)C=C(c2ccc(C(=O)N3CCC(Cc4ccccc4)CC3)cc2)NO1. The quantitative estimate of drug-likeness (QED) is 0.719. The Balaban J connectivity index is 1.18. The second kappa shape index (κ2) is 10.2. The van der Waals surface area contributed by atoms with E-state index in [-0.39, 0.29) is 11.8 Å². The minimum Gasteiger partial charge on any atom is -0.378 e. The Morgan fingerprint density at radius 2 is 1.63 bits per heavy atom. The number of likely N-dealkylation sites (tertiary alicyclic amines) is 1. The molecule has 0 aliphatic carbocycles. The minimum atomic E-state index is -1.06. The first-order chi connectivity index (χ1) is 17.0. The van der Waals surface area contributed by atoms with E-state index in [0.717, 1.165) is 43.6 Å². The second-order valence-corrected chi connectivity index (χ2v) is 9.78. The van der Waals surface area contributed by atoms with Crippen molar-refractivity contribution in [1.82, 2.24) is 15.3 Å². The van der Waals surface area contributed by atoms with Gasteiger partial charge in [0.05, 0.1) is 18.9 Å². The number of carbonyl (C=O) groups is 2. The normalized spacial score (nSPS) is 23.1. The third-order valence-electron chi connectivity index (χ3n) is 7.23. The molecule has 1 N–H and O–H groups in total. The molecule has 0 radical (unpaired) electrons. The number of hydrogen-bond donors (Lipinski definition) is 1. The lowest BCUT2D eigenvalue weighted by Crippen LogP contribution is -2.51. The number of carbonyl (C=O) groups excluding carboxylic acids is 2. The van der Waals surface area contributed by atoms with Crippen LogP contribution in [0.5, 0.6) is 0 Å². The van der Waals surface area contributed by atoms with Crippen LogP contribution in [0.3, 0.4) is 0 Å². The Morgan fingerprint density at radius 1 is 0.943 bits per heavy atom. The molecule has 2 aromatic rings. The van der Waals surface area contributed by atoms with Crippen molar-refractivity contribution in [3.05, 3.63) is 77.4 Å². The van der Waals surface area contributed by atoms with Crippen LogP contribution in [0, 0.1) is 5.92 Å². The maximum absolute atomic E-state index is 13.1. The number of piperidine rings is 1. The summed E-state index contributed by atoms with van der Waals surface area (Å²) in [7, 11) is 0. The summed E-state index contributed by atoms with van der Waals surface area (Å²) in [6.45, 7) is 5.59. The van der Waals surface area contributed by atoms with Gasteiger partial charge in [-0.15, -0.1) is 0 Å². The molecule has 3 aliphatic heterocycles. The summed E-state index contributed by atoms with van der Waals surface area (Å²) in [6.07, 6.45) is 4.96. The van der Waals surface area contributed by atoms with Crippen molar-refractivity contribution in [3.8, 4) is 0 Å². The number of morpholine rings is 1. The standard InChI is InChI=1S/C28H33N3O4/c1-28(27(33)31-15-17-34-18-16-31)20-25(29-35-28)23-7-9-24(10-8-23)26(32)30-13-11-22(12-14-30)19-21-5-3-2-4-6-21/h2-10,20,22,29H,11-19H2,1H3. The van der Waals surface area contributed by atoms with Crippen molar-refractivity contribution in [3.63, 3.8) is 0 Å². The Labute approximate surface area is 206 Å². The molecule has 0 aromatic heterocycles. The topological polar surface area (TPSA) is 71.1 Å². The smallest absolute Gasteiger partial charge is 0.261 e. The average molecular weight is 476 g/mol. The van der Waals surface area contributed by atoms with Crippen LogP contribution in [-0.2, 0) is 20.8 Å². The van der Waals surface area contributed by atoms with Crippen LogP contribution >= 0.6 is 0 Å². The number of hydroxylamine groups is 1. The van der Waals surface area contributed by atoms with Gasteiger partial charge in [0.15, 0.2) is 5.60 Å². The van der Waals surface area contributed by atoms with Gasteiger partial charge >= 0.3 is 0 Å². The molecular formula is C28H33N3O4. The van der Waals surface area contributed by atoms with E-state index >= 15 is 0 Å². The Morgan fingerprint density at radius 3 is 2.31 bits per heavy atom. The van der Waals surface area contributed by atoms with Crippen molar-refractivity contribution in [2.75, 3.05) is 39.4 Å². The summed E-state index contributed by atoms with van der Waals surface area (Å²) in [5, 5.41) is 0. The van der Waals surface area contributed by atoms with E-state index in [2.05, 4.69) is 29.7 Å². The summed E-state index contributed by atoms with van der Waals surface area (Å²) in [5.74, 6) is 0.621. The van der Waals surface area contributed by atoms with Crippen LogP contribution in [0.4, 0.5) is 0 Å². The van der Waals surface area contributed by atoms with Crippen LogP contribution in [0.15, 0.2) is 60.7 Å². The van der Waals surface area contributed by atoms with E-state index in [4.69, 9.17) is 9.57 Å². The molecule has 1 atom stereocenters. The molecule has 35 heavy (non-hydrogen) atoms. The number of rotatable bonds is 5. The van der Waals surface area contributed by atoms with Gasteiger partial charge in [-0.25, -0.2) is 0 Å². The van der Waals surface area contributed by atoms with E-state index < -0.39 is 5.60 Å². The molecule has 0 saturated carbocycles. The summed E-state index contributed by atoms with van der Waals surface area (Å²) in [5.41, 5.74) is 5.50. The maximum atomic E-state index is 13.1. The molecule has 7 nitrogen and oxygen atoms in total. The summed E-state index contributed by atoms with van der Waals surface area (Å²) in [6, 6.07) is 18.1. The second-order valence-electron chi connectivity index (χ2n) is 9.78. The lowest BCUT2D eigenvalue weighted by molar-refractivity contribution is -0.156. The predicted molar refractivity (Wildman–Crippen MR) is 133 cm³/mol. The molecule has 2 amide bonds. The monoisotopic (exact) mass is 475 g/mol. The van der Waals surface area contributed by atoms with Gasteiger partial charge in [-0.2, -0.15) is 0 Å². The molecule has 0 bridgehead atoms. The molecule has 2 fully saturated rings. The fourth-order valence-corrected chi connectivity index (χ4v) is 5.09. The largest absolute Gasteiger partial charge is 0.378 e. The molecule has 0 spiro atoms. The van der Waals surface area contributed by atoms with Gasteiger partial charge in [0.2, 0.25) is 0 Å². The van der Waals surface area contributed by atoms with Gasteiger partial charge < -0.3 is 14.5 Å². The summed E-state index contributed by atoms with van der Waals surface area (Å²) in [4.78, 5) is 35.5. The third kappa shape index (κ3) is 5.26. The van der Waals surface area contributed by atoms with E-state index in [1.54, 1.807) is 11.8 Å². The molecule has 184 valence electrons. The third-order valence-corrected chi connectivity index (χ3v) is 7.23. The van der Waals surface area contributed by atoms with Crippen LogP contribution in [0.2, 0.25) is 0 Å². The van der Waals surface area contributed by atoms with Gasteiger partial charge in [-0.05, 0) is 61.4 Å². The van der Waals surface area contributed by atoms with Gasteiger partial charge in [0, 0.05) is 31.7 Å². The van der Waals surface area contributed by atoms with E-state index in [1.165, 1.54) is 5.56 Å². The highest BCUT2D eigenvalue weighted by atomic mass is 16.7. The van der Waals surface area contributed by atoms with Gasteiger partial charge in [-0.1, -0.05) is 42.5 Å². The molecule has 3 heterocycles. The first-order valence-electron chi connectivity index (χ1n) is 12.5. The molecule has 1 unspecified atom stereocenters. The van der Waals surface area contributed by atoms with Crippen molar-refractivity contribution in [2.45, 2.75) is 31.8 Å². The molecule has 7 heteroatoms. The van der Waals surface area contributed by atoms with Crippen LogP contribution in [0.1, 0.15) is 41.3 Å². The average Bonchev–Trinajstić information content (AvgIpc) is 3.33. The predicted octanol–water partition coefficient (Wildman–Crippen LogP) is 3.27. The van der Waals surface area contributed by atoms with Crippen LogP contribution in [-0.4, -0.2) is 66.6 Å². The van der Waals surface area contributed by atoms with Crippen molar-refractivity contribution in [2.24, 2.45) is 5.92 Å². The Hall–Kier alpha value is -3.16. The Kier molecular flexibility index (Phi) is 6.88. The zero-order valence-electron chi connectivity index (χ0n) is 20.2. The highest BCUT2D eigenvalue weighted by Crippen LogP contribution is 2.29. The zero-order chi connectivity index (χ0) is 24.3. The van der Waals surface area contributed by atoms with Crippen molar-refractivity contribution in [1.29, 1.82) is 0 Å². The fraction of sp³-hybridized carbons (Fsp3) is 0.429. The molecule has 2 aromatic carbocycles. The van der Waals surface area contributed by atoms with Gasteiger partial charge in [0.1, 0.15) is 0 Å². The summed E-state index contributed by atoms with van der Waals surface area (Å²) >= 11 is 0. The van der Waals surface area contributed by atoms with Crippen LogP contribution < -0.4 is 5.48 Å².